The van der Waals surface area contributed by atoms with Crippen LogP contribution in [0.3, 0.4) is 0 Å². The van der Waals surface area contributed by atoms with Crippen LogP contribution in [-0.4, -0.2) is 44.2 Å². The van der Waals surface area contributed by atoms with Crippen LogP contribution in [-0.2, 0) is 9.53 Å². The first kappa shape index (κ1) is 15.4. The third-order valence-corrected chi connectivity index (χ3v) is 2.37. The van der Waals surface area contributed by atoms with Gasteiger partial charge < -0.3 is 15.4 Å². The van der Waals surface area contributed by atoms with Crippen molar-refractivity contribution < 1.29 is 9.53 Å². The molecule has 1 atom stereocenters. The van der Waals surface area contributed by atoms with Gasteiger partial charge >= 0.3 is 0 Å². The Morgan fingerprint density at radius 3 is 2.44 bits per heavy atom. The largest absolute Gasteiger partial charge is 0.383 e. The first-order chi connectivity index (χ1) is 7.26. The predicted octanol–water partition coefficient (Wildman–Crippen LogP) is 1.24. The van der Waals surface area contributed by atoms with Gasteiger partial charge in [-0.2, -0.15) is 0 Å². The van der Waals surface area contributed by atoms with Crippen molar-refractivity contribution in [2.45, 2.75) is 39.7 Å². The summed E-state index contributed by atoms with van der Waals surface area (Å²) in [7, 11) is 3.41. The maximum atomic E-state index is 11.7. The Morgan fingerprint density at radius 2 is 2.00 bits per heavy atom. The molecule has 0 aromatic carbocycles. The lowest BCUT2D eigenvalue weighted by Crippen LogP contribution is -2.36. The van der Waals surface area contributed by atoms with Crippen LogP contribution >= 0.6 is 0 Å². The highest BCUT2D eigenvalue weighted by Gasteiger charge is 2.19. The minimum absolute atomic E-state index is 0.0579. The van der Waals surface area contributed by atoms with Crippen LogP contribution in [0.2, 0.25) is 0 Å². The highest BCUT2D eigenvalue weighted by atomic mass is 16.5. The second-order valence-corrected chi connectivity index (χ2v) is 5.54. The summed E-state index contributed by atoms with van der Waals surface area (Å²) in [5, 5.41) is 0. The maximum absolute atomic E-state index is 11.7. The molecule has 4 nitrogen and oxygen atoms in total. The second kappa shape index (κ2) is 6.86. The molecule has 0 saturated carbocycles. The van der Waals surface area contributed by atoms with Crippen molar-refractivity contribution in [2.24, 2.45) is 11.1 Å². The van der Waals surface area contributed by atoms with Gasteiger partial charge in [-0.1, -0.05) is 20.8 Å². The summed E-state index contributed by atoms with van der Waals surface area (Å²) < 4.78 is 4.92. The first-order valence-electron chi connectivity index (χ1n) is 5.75. The molecule has 1 unspecified atom stereocenters. The van der Waals surface area contributed by atoms with Crippen molar-refractivity contribution in [3.63, 3.8) is 0 Å². The van der Waals surface area contributed by atoms with Crippen LogP contribution in [0, 0.1) is 5.41 Å². The van der Waals surface area contributed by atoms with E-state index < -0.39 is 0 Å². The quantitative estimate of drug-likeness (QED) is 0.747. The fourth-order valence-electron chi connectivity index (χ4n) is 1.59. The lowest BCUT2D eigenvalue weighted by molar-refractivity contribution is -0.130. The van der Waals surface area contributed by atoms with Crippen molar-refractivity contribution in [1.82, 2.24) is 4.90 Å². The molecule has 0 radical (unpaired) electrons. The molecule has 1 amide bonds. The lowest BCUT2D eigenvalue weighted by atomic mass is 9.87. The predicted molar refractivity (Wildman–Crippen MR) is 66.2 cm³/mol. The summed E-state index contributed by atoms with van der Waals surface area (Å²) in [6, 6.07) is -0.0579. The van der Waals surface area contributed by atoms with E-state index in [1.807, 2.05) is 0 Å². The van der Waals surface area contributed by atoms with E-state index in [9.17, 15) is 4.79 Å². The Hall–Kier alpha value is -0.610. The minimum atomic E-state index is -0.0579. The molecule has 0 aromatic rings. The number of methoxy groups -OCH3 is 1. The highest BCUT2D eigenvalue weighted by Crippen LogP contribution is 2.21. The molecule has 0 aliphatic rings. The van der Waals surface area contributed by atoms with Crippen LogP contribution in [0.15, 0.2) is 0 Å². The zero-order valence-electron chi connectivity index (χ0n) is 11.2. The zero-order chi connectivity index (χ0) is 12.8. The summed E-state index contributed by atoms with van der Waals surface area (Å²) in [5.41, 5.74) is 6.12. The summed E-state index contributed by atoms with van der Waals surface area (Å²) in [5.74, 6) is 0.0915. The Balaban J connectivity index is 3.94. The van der Waals surface area contributed by atoms with E-state index in [4.69, 9.17) is 10.5 Å². The average Bonchev–Trinajstić information content (AvgIpc) is 2.10. The van der Waals surface area contributed by atoms with Crippen LogP contribution in [0.1, 0.15) is 33.6 Å². The molecule has 0 spiro atoms. The van der Waals surface area contributed by atoms with Crippen LogP contribution in [0.4, 0.5) is 0 Å². The van der Waals surface area contributed by atoms with E-state index in [1.165, 1.54) is 0 Å². The van der Waals surface area contributed by atoms with Crippen LogP contribution < -0.4 is 5.73 Å². The van der Waals surface area contributed by atoms with Crippen molar-refractivity contribution in [1.29, 1.82) is 0 Å². The van der Waals surface area contributed by atoms with Crippen LogP contribution in [0.5, 0.6) is 0 Å². The van der Waals surface area contributed by atoms with Crippen molar-refractivity contribution >= 4 is 5.91 Å². The van der Waals surface area contributed by atoms with Gasteiger partial charge in [0.25, 0.3) is 0 Å². The van der Waals surface area contributed by atoms with E-state index in [2.05, 4.69) is 20.8 Å². The number of rotatable bonds is 6. The minimum Gasteiger partial charge on any atom is -0.383 e. The number of likely N-dealkylation sites (N-methyl/N-ethyl adjacent to an activating group) is 1. The molecule has 96 valence electrons. The molecule has 0 fully saturated rings. The van der Waals surface area contributed by atoms with E-state index in [-0.39, 0.29) is 17.4 Å². The van der Waals surface area contributed by atoms with Gasteiger partial charge in [0.15, 0.2) is 0 Å². The number of hydrogen-bond donors (Lipinski definition) is 1. The Bertz CT molecular complexity index is 212. The standard InChI is InChI=1S/C12H26N2O2/c1-12(2,3)9-10(13)8-11(15)14(4)6-7-16-5/h10H,6-9,13H2,1-5H3. The van der Waals surface area contributed by atoms with Gasteiger partial charge in [0.1, 0.15) is 0 Å². The number of amides is 1. The normalized spacial score (nSPS) is 13.6. The molecule has 16 heavy (non-hydrogen) atoms. The maximum Gasteiger partial charge on any atom is 0.223 e. The SMILES string of the molecule is COCCN(C)C(=O)CC(N)CC(C)(C)C. The van der Waals surface area contributed by atoms with Crippen molar-refractivity contribution in [3.8, 4) is 0 Å². The Kier molecular flexibility index (Phi) is 6.60. The van der Waals surface area contributed by atoms with Gasteiger partial charge in [-0.25, -0.2) is 0 Å². The van der Waals surface area contributed by atoms with Gasteiger partial charge in [-0.05, 0) is 11.8 Å². The molecule has 0 rings (SSSR count). The zero-order valence-corrected chi connectivity index (χ0v) is 11.2. The monoisotopic (exact) mass is 230 g/mol. The number of carbonyl (C=O) groups is 1. The van der Waals surface area contributed by atoms with Crippen LogP contribution in [0.25, 0.3) is 0 Å². The first-order valence-corrected chi connectivity index (χ1v) is 5.75. The summed E-state index contributed by atoms with van der Waals surface area (Å²) >= 11 is 0. The summed E-state index contributed by atoms with van der Waals surface area (Å²) in [6.45, 7) is 7.58. The molecule has 0 heterocycles. The number of nitrogens with zero attached hydrogens (tertiary/aromatic N) is 1. The third-order valence-electron chi connectivity index (χ3n) is 2.37. The van der Waals surface area contributed by atoms with Crippen molar-refractivity contribution in [3.05, 3.63) is 0 Å². The van der Waals surface area contributed by atoms with Gasteiger partial charge in [0, 0.05) is 33.2 Å². The fraction of sp³-hybridized carbons (Fsp3) is 0.917. The van der Waals surface area contributed by atoms with Gasteiger partial charge in [0.2, 0.25) is 5.91 Å². The number of ether oxygens (including phenoxy) is 1. The molecule has 2 N–H and O–H groups in total. The smallest absolute Gasteiger partial charge is 0.223 e. The fourth-order valence-corrected chi connectivity index (χ4v) is 1.59. The Labute approximate surface area is 99.1 Å². The topological polar surface area (TPSA) is 55.6 Å². The molecule has 0 aliphatic carbocycles. The molecule has 0 aromatic heterocycles. The third kappa shape index (κ3) is 7.65. The molecule has 0 aliphatic heterocycles. The molecule has 0 saturated heterocycles. The van der Waals surface area contributed by atoms with E-state index in [1.54, 1.807) is 19.1 Å². The molecular formula is C12H26N2O2. The van der Waals surface area contributed by atoms with E-state index in [0.717, 1.165) is 6.42 Å². The van der Waals surface area contributed by atoms with Crippen molar-refractivity contribution in [2.75, 3.05) is 27.3 Å². The molecular weight excluding hydrogens is 204 g/mol. The van der Waals surface area contributed by atoms with Gasteiger partial charge in [-0.15, -0.1) is 0 Å². The number of hydrogen-bond acceptors (Lipinski definition) is 3. The highest BCUT2D eigenvalue weighted by molar-refractivity contribution is 5.76. The van der Waals surface area contributed by atoms with Gasteiger partial charge in [-0.3, -0.25) is 4.79 Å². The average molecular weight is 230 g/mol. The summed E-state index contributed by atoms with van der Waals surface area (Å²) in [6.07, 6.45) is 1.27. The summed E-state index contributed by atoms with van der Waals surface area (Å²) in [4.78, 5) is 13.4. The molecule has 4 heteroatoms. The number of nitrogens with two attached hydrogens (primary N) is 1. The second-order valence-electron chi connectivity index (χ2n) is 5.54. The lowest BCUT2D eigenvalue weighted by Gasteiger charge is -2.24. The number of carbonyl (C=O) groups excluding carboxylic acids is 1. The van der Waals surface area contributed by atoms with E-state index >= 15 is 0 Å². The van der Waals surface area contributed by atoms with E-state index in [0.29, 0.717) is 19.6 Å². The van der Waals surface area contributed by atoms with Gasteiger partial charge in [0.05, 0.1) is 6.61 Å². The molecule has 0 bridgehead atoms. The Morgan fingerprint density at radius 1 is 1.44 bits per heavy atom.